The van der Waals surface area contributed by atoms with Gasteiger partial charge in [0, 0.05) is 6.54 Å². The number of hydrogen-bond donors (Lipinski definition) is 2. The molecule has 0 aromatic heterocycles. The molecule has 6 heteroatoms. The van der Waals surface area contributed by atoms with Gasteiger partial charge in [-0.1, -0.05) is 0 Å². The number of nitriles is 1. The molecule has 0 aliphatic carbocycles. The number of benzene rings is 1. The summed E-state index contributed by atoms with van der Waals surface area (Å²) in [4.78, 5) is 23.2. The van der Waals surface area contributed by atoms with Crippen LogP contribution in [0.4, 0.5) is 11.4 Å². The summed E-state index contributed by atoms with van der Waals surface area (Å²) in [7, 11) is 0. The molecule has 1 aromatic carbocycles. The minimum atomic E-state index is -0.452. The van der Waals surface area contributed by atoms with Crippen molar-refractivity contribution >= 4 is 23.3 Å². The topological polar surface area (TPSA) is 91.2 Å². The summed E-state index contributed by atoms with van der Waals surface area (Å²) in [5.41, 5.74) is 1.49. The average Bonchev–Trinajstić information content (AvgIpc) is 2.41. The largest absolute Gasteiger partial charge is 0.462 e. The van der Waals surface area contributed by atoms with Gasteiger partial charge in [-0.05, 0) is 32.0 Å². The molecule has 0 spiro atoms. The summed E-state index contributed by atoms with van der Waals surface area (Å²) in [5, 5.41) is 14.2. The van der Waals surface area contributed by atoms with E-state index >= 15 is 0 Å². The Labute approximate surface area is 117 Å². The van der Waals surface area contributed by atoms with Gasteiger partial charge in [0.05, 0.1) is 29.6 Å². The molecule has 1 amide bonds. The standard InChI is InChI=1S/C14H17N3O3/c1-3-16-11-6-5-10(14(19)20-4-2)9-12(11)17-13(18)7-8-15/h5-6,9,16H,3-4,7H2,1-2H3,(H,17,18). The van der Waals surface area contributed by atoms with Gasteiger partial charge in [0.2, 0.25) is 5.91 Å². The van der Waals surface area contributed by atoms with Crippen molar-refractivity contribution in [3.05, 3.63) is 23.8 Å². The van der Waals surface area contributed by atoms with Gasteiger partial charge in [0.1, 0.15) is 6.42 Å². The number of hydrogen-bond acceptors (Lipinski definition) is 5. The van der Waals surface area contributed by atoms with Gasteiger partial charge in [-0.2, -0.15) is 5.26 Å². The number of carbonyl (C=O) groups excluding carboxylic acids is 2. The molecular weight excluding hydrogens is 258 g/mol. The molecule has 0 saturated heterocycles. The Morgan fingerprint density at radius 2 is 2.05 bits per heavy atom. The fraction of sp³-hybridized carbons (Fsp3) is 0.357. The van der Waals surface area contributed by atoms with Crippen LogP contribution < -0.4 is 10.6 Å². The van der Waals surface area contributed by atoms with E-state index in [0.717, 1.165) is 0 Å². The lowest BCUT2D eigenvalue weighted by Gasteiger charge is -2.13. The first kappa shape index (κ1) is 15.5. The second-order valence-corrected chi connectivity index (χ2v) is 3.89. The lowest BCUT2D eigenvalue weighted by atomic mass is 10.1. The van der Waals surface area contributed by atoms with Gasteiger partial charge < -0.3 is 15.4 Å². The molecule has 2 N–H and O–H groups in total. The lowest BCUT2D eigenvalue weighted by Crippen LogP contribution is -2.14. The van der Waals surface area contributed by atoms with Crippen LogP contribution >= 0.6 is 0 Å². The van der Waals surface area contributed by atoms with Crippen LogP contribution in [0.25, 0.3) is 0 Å². The number of amides is 1. The van der Waals surface area contributed by atoms with Crippen molar-refractivity contribution in [3.63, 3.8) is 0 Å². The summed E-state index contributed by atoms with van der Waals surface area (Å²) in [6.07, 6.45) is -0.241. The Morgan fingerprint density at radius 3 is 2.65 bits per heavy atom. The van der Waals surface area contributed by atoms with Gasteiger partial charge >= 0.3 is 5.97 Å². The molecule has 0 heterocycles. The van der Waals surface area contributed by atoms with Gasteiger partial charge in [0.15, 0.2) is 0 Å². The minimum Gasteiger partial charge on any atom is -0.462 e. The van der Waals surface area contributed by atoms with Crippen molar-refractivity contribution in [3.8, 4) is 6.07 Å². The SMILES string of the molecule is CCNc1ccc(C(=O)OCC)cc1NC(=O)CC#N. The monoisotopic (exact) mass is 275 g/mol. The van der Waals surface area contributed by atoms with E-state index in [4.69, 9.17) is 10.00 Å². The summed E-state index contributed by atoms with van der Waals surface area (Å²) in [5.74, 6) is -0.876. The molecule has 0 saturated carbocycles. The summed E-state index contributed by atoms with van der Waals surface area (Å²) in [6.45, 7) is 4.59. The van der Waals surface area contributed by atoms with Crippen LogP contribution in [0.2, 0.25) is 0 Å². The van der Waals surface area contributed by atoms with Gasteiger partial charge in [-0.25, -0.2) is 4.79 Å². The van der Waals surface area contributed by atoms with Gasteiger partial charge in [0.25, 0.3) is 0 Å². The maximum absolute atomic E-state index is 11.7. The molecule has 6 nitrogen and oxygen atoms in total. The lowest BCUT2D eigenvalue weighted by molar-refractivity contribution is -0.115. The molecule has 1 aromatic rings. The molecule has 0 bridgehead atoms. The zero-order valence-electron chi connectivity index (χ0n) is 11.5. The predicted molar refractivity (Wildman–Crippen MR) is 75.4 cm³/mol. The van der Waals surface area contributed by atoms with Crippen molar-refractivity contribution in [1.29, 1.82) is 5.26 Å². The minimum absolute atomic E-state index is 0.241. The molecule has 0 atom stereocenters. The Balaban J connectivity index is 3.02. The number of carbonyl (C=O) groups is 2. The second kappa shape index (κ2) is 7.79. The number of nitrogens with zero attached hydrogens (tertiary/aromatic N) is 1. The molecule has 0 fully saturated rings. The zero-order chi connectivity index (χ0) is 15.0. The summed E-state index contributed by atoms with van der Waals surface area (Å²) in [6, 6.07) is 6.62. The molecule has 0 aliphatic rings. The Bertz CT molecular complexity index is 535. The van der Waals surface area contributed by atoms with Crippen molar-refractivity contribution < 1.29 is 14.3 Å². The number of anilines is 2. The van der Waals surface area contributed by atoms with E-state index in [2.05, 4.69) is 10.6 Å². The van der Waals surface area contributed by atoms with E-state index in [-0.39, 0.29) is 13.0 Å². The van der Waals surface area contributed by atoms with E-state index in [1.54, 1.807) is 25.1 Å². The van der Waals surface area contributed by atoms with Crippen molar-refractivity contribution in [2.24, 2.45) is 0 Å². The van der Waals surface area contributed by atoms with E-state index < -0.39 is 11.9 Å². The third-order valence-corrected chi connectivity index (χ3v) is 2.41. The molecule has 0 unspecified atom stereocenters. The van der Waals surface area contributed by atoms with Crippen LogP contribution in [-0.4, -0.2) is 25.0 Å². The third-order valence-electron chi connectivity index (χ3n) is 2.41. The van der Waals surface area contributed by atoms with E-state index in [1.807, 2.05) is 6.92 Å². The molecule has 1 rings (SSSR count). The molecule has 20 heavy (non-hydrogen) atoms. The van der Waals surface area contributed by atoms with Crippen molar-refractivity contribution in [2.75, 3.05) is 23.8 Å². The highest BCUT2D eigenvalue weighted by Crippen LogP contribution is 2.24. The Morgan fingerprint density at radius 1 is 1.30 bits per heavy atom. The maximum atomic E-state index is 11.7. The highest BCUT2D eigenvalue weighted by molar-refractivity contribution is 5.98. The number of ether oxygens (including phenoxy) is 1. The van der Waals surface area contributed by atoms with Gasteiger partial charge in [-0.15, -0.1) is 0 Å². The number of nitrogens with one attached hydrogen (secondary N) is 2. The van der Waals surface area contributed by atoms with E-state index in [0.29, 0.717) is 23.5 Å². The first-order chi connectivity index (χ1) is 9.62. The quantitative estimate of drug-likeness (QED) is 0.776. The van der Waals surface area contributed by atoms with Crippen molar-refractivity contribution in [2.45, 2.75) is 20.3 Å². The Kier molecular flexibility index (Phi) is 6.04. The van der Waals surface area contributed by atoms with Crippen LogP contribution in [-0.2, 0) is 9.53 Å². The second-order valence-electron chi connectivity index (χ2n) is 3.89. The molecule has 0 radical (unpaired) electrons. The molecule has 0 aliphatic heterocycles. The van der Waals surface area contributed by atoms with E-state index in [9.17, 15) is 9.59 Å². The normalized spacial score (nSPS) is 9.45. The fourth-order valence-corrected chi connectivity index (χ4v) is 1.60. The average molecular weight is 275 g/mol. The highest BCUT2D eigenvalue weighted by Gasteiger charge is 2.12. The zero-order valence-corrected chi connectivity index (χ0v) is 11.5. The number of esters is 1. The highest BCUT2D eigenvalue weighted by atomic mass is 16.5. The Hall–Kier alpha value is -2.55. The van der Waals surface area contributed by atoms with E-state index in [1.165, 1.54) is 6.07 Å². The first-order valence-corrected chi connectivity index (χ1v) is 6.34. The van der Waals surface area contributed by atoms with Crippen molar-refractivity contribution in [1.82, 2.24) is 0 Å². The maximum Gasteiger partial charge on any atom is 0.338 e. The van der Waals surface area contributed by atoms with Crippen LogP contribution in [0, 0.1) is 11.3 Å². The van der Waals surface area contributed by atoms with Crippen LogP contribution in [0.5, 0.6) is 0 Å². The predicted octanol–water partition coefficient (Wildman–Crippen LogP) is 2.15. The third kappa shape index (κ3) is 4.28. The molecular formula is C14H17N3O3. The smallest absolute Gasteiger partial charge is 0.338 e. The first-order valence-electron chi connectivity index (χ1n) is 6.34. The van der Waals surface area contributed by atoms with Crippen LogP contribution in [0.15, 0.2) is 18.2 Å². The van der Waals surface area contributed by atoms with Gasteiger partial charge in [-0.3, -0.25) is 4.79 Å². The summed E-state index contributed by atoms with van der Waals surface area (Å²) < 4.78 is 4.91. The van der Waals surface area contributed by atoms with Crippen LogP contribution in [0.3, 0.4) is 0 Å². The number of rotatable bonds is 6. The summed E-state index contributed by atoms with van der Waals surface area (Å²) >= 11 is 0. The fourth-order valence-electron chi connectivity index (χ4n) is 1.60. The van der Waals surface area contributed by atoms with Crippen LogP contribution in [0.1, 0.15) is 30.6 Å². The molecule has 106 valence electrons.